The zero-order valence-electron chi connectivity index (χ0n) is 4.98. The fraction of sp³-hybridized carbons (Fsp3) is 1.00. The molecular formula is C7H11N. The fourth-order valence-corrected chi connectivity index (χ4v) is 2.64. The number of rotatable bonds is 0. The molecule has 3 aliphatic rings. The summed E-state index contributed by atoms with van der Waals surface area (Å²) in [5.74, 6) is 2.25. The average molecular weight is 109 g/mol. The van der Waals surface area contributed by atoms with Crippen molar-refractivity contribution < 1.29 is 0 Å². The van der Waals surface area contributed by atoms with Crippen molar-refractivity contribution in [1.82, 2.24) is 5.32 Å². The van der Waals surface area contributed by atoms with Crippen molar-refractivity contribution in [3.05, 3.63) is 0 Å². The average Bonchev–Trinajstić information content (AvgIpc) is 2.60. The van der Waals surface area contributed by atoms with E-state index >= 15 is 0 Å². The molecule has 1 heterocycles. The molecule has 0 bridgehead atoms. The van der Waals surface area contributed by atoms with E-state index in [0.29, 0.717) is 0 Å². The Morgan fingerprint density at radius 3 is 2.12 bits per heavy atom. The molecule has 0 radical (unpaired) electrons. The minimum absolute atomic E-state index is 0.950. The Morgan fingerprint density at radius 1 is 1.12 bits per heavy atom. The van der Waals surface area contributed by atoms with E-state index in [4.69, 9.17) is 0 Å². The number of hydrogen-bond donors (Lipinski definition) is 1. The summed E-state index contributed by atoms with van der Waals surface area (Å²) in [5, 5.41) is 3.42. The van der Waals surface area contributed by atoms with Gasteiger partial charge in [-0.1, -0.05) is 0 Å². The first-order chi connectivity index (χ1) is 3.93. The van der Waals surface area contributed by atoms with E-state index in [1.54, 1.807) is 12.8 Å². The Hall–Kier alpha value is -0.0400. The summed E-state index contributed by atoms with van der Waals surface area (Å²) in [6, 6.07) is 0. The van der Waals surface area contributed by atoms with E-state index in [9.17, 15) is 0 Å². The number of nitrogens with one attached hydrogen (secondary N) is 1. The minimum atomic E-state index is 0.950. The molecule has 0 amide bonds. The highest BCUT2D eigenvalue weighted by Gasteiger charge is 2.72. The Balaban J connectivity index is 1.94. The lowest BCUT2D eigenvalue weighted by Gasteiger charge is -1.96. The van der Waals surface area contributed by atoms with Crippen LogP contribution in [0.15, 0.2) is 0 Å². The van der Waals surface area contributed by atoms with Gasteiger partial charge in [0.05, 0.1) is 0 Å². The molecule has 1 heteroatoms. The molecule has 2 aliphatic carbocycles. The first-order valence-corrected chi connectivity index (χ1v) is 3.64. The van der Waals surface area contributed by atoms with Gasteiger partial charge in [0.2, 0.25) is 0 Å². The standard InChI is InChI=1S/C7H11N/c1-2-7(1)5-3-8-4-6(5)7/h5-6,8H,1-4H2. The lowest BCUT2D eigenvalue weighted by Crippen LogP contribution is -2.14. The van der Waals surface area contributed by atoms with E-state index in [0.717, 1.165) is 17.3 Å². The van der Waals surface area contributed by atoms with E-state index < -0.39 is 0 Å². The number of hydrogen-bond acceptors (Lipinski definition) is 1. The highest BCUT2D eigenvalue weighted by Crippen LogP contribution is 2.75. The summed E-state index contributed by atoms with van der Waals surface area (Å²) >= 11 is 0. The van der Waals surface area contributed by atoms with Gasteiger partial charge in [0, 0.05) is 0 Å². The zero-order valence-corrected chi connectivity index (χ0v) is 4.98. The summed E-state index contributed by atoms with van der Waals surface area (Å²) in [4.78, 5) is 0. The smallest absolute Gasteiger partial charge is 0.00116 e. The predicted molar refractivity (Wildman–Crippen MR) is 31.5 cm³/mol. The van der Waals surface area contributed by atoms with Crippen molar-refractivity contribution in [1.29, 1.82) is 0 Å². The highest BCUT2D eigenvalue weighted by molar-refractivity contribution is 5.22. The van der Waals surface area contributed by atoms with Crippen LogP contribution in [-0.2, 0) is 0 Å². The highest BCUT2D eigenvalue weighted by atomic mass is 15.0. The van der Waals surface area contributed by atoms with Crippen LogP contribution in [-0.4, -0.2) is 13.1 Å². The first kappa shape index (κ1) is 3.89. The molecule has 2 unspecified atom stereocenters. The van der Waals surface area contributed by atoms with Gasteiger partial charge in [-0.15, -0.1) is 0 Å². The number of piperidine rings is 1. The topological polar surface area (TPSA) is 12.0 Å². The maximum atomic E-state index is 3.42. The third kappa shape index (κ3) is 0.235. The summed E-state index contributed by atoms with van der Waals surface area (Å²) in [5.41, 5.74) is 0.950. The predicted octanol–water partition coefficient (Wildman–Crippen LogP) is 0.616. The fourth-order valence-electron chi connectivity index (χ4n) is 2.64. The van der Waals surface area contributed by atoms with Gasteiger partial charge in [-0.05, 0) is 43.2 Å². The Bertz CT molecular complexity index is 125. The minimum Gasteiger partial charge on any atom is -0.316 e. The normalized spacial score (nSPS) is 54.0. The second-order valence-electron chi connectivity index (χ2n) is 3.60. The van der Waals surface area contributed by atoms with E-state index in [1.165, 1.54) is 13.1 Å². The van der Waals surface area contributed by atoms with E-state index in [1.807, 2.05) is 0 Å². The van der Waals surface area contributed by atoms with Gasteiger partial charge in [0.15, 0.2) is 0 Å². The molecule has 1 N–H and O–H groups in total. The van der Waals surface area contributed by atoms with Gasteiger partial charge < -0.3 is 5.32 Å². The van der Waals surface area contributed by atoms with Gasteiger partial charge in [-0.3, -0.25) is 0 Å². The van der Waals surface area contributed by atoms with Crippen LogP contribution in [0, 0.1) is 17.3 Å². The van der Waals surface area contributed by atoms with E-state index in [-0.39, 0.29) is 0 Å². The maximum Gasteiger partial charge on any atom is -0.00116 e. The van der Waals surface area contributed by atoms with Crippen molar-refractivity contribution in [2.45, 2.75) is 12.8 Å². The lowest BCUT2D eigenvalue weighted by atomic mass is 10.3. The molecule has 1 spiro atoms. The second kappa shape index (κ2) is 0.860. The maximum absolute atomic E-state index is 3.42. The molecule has 1 aliphatic heterocycles. The Kier molecular flexibility index (Phi) is 0.418. The molecule has 1 saturated heterocycles. The van der Waals surface area contributed by atoms with Crippen LogP contribution in [0.5, 0.6) is 0 Å². The van der Waals surface area contributed by atoms with Crippen LogP contribution >= 0.6 is 0 Å². The van der Waals surface area contributed by atoms with Gasteiger partial charge >= 0.3 is 0 Å². The van der Waals surface area contributed by atoms with Crippen molar-refractivity contribution >= 4 is 0 Å². The molecule has 8 heavy (non-hydrogen) atoms. The third-order valence-electron chi connectivity index (χ3n) is 3.41. The van der Waals surface area contributed by atoms with Crippen LogP contribution in [0.4, 0.5) is 0 Å². The molecule has 3 fully saturated rings. The molecule has 0 aromatic heterocycles. The number of fused-ring (bicyclic) bond motifs is 3. The van der Waals surface area contributed by atoms with Crippen molar-refractivity contribution in [3.63, 3.8) is 0 Å². The zero-order chi connectivity index (χ0) is 5.19. The second-order valence-corrected chi connectivity index (χ2v) is 3.60. The SMILES string of the molecule is C1NCC2C1C21CC1. The largest absolute Gasteiger partial charge is 0.316 e. The molecule has 1 nitrogen and oxygen atoms in total. The van der Waals surface area contributed by atoms with Gasteiger partial charge in [-0.2, -0.15) is 0 Å². The molecule has 2 saturated carbocycles. The Morgan fingerprint density at radius 2 is 1.75 bits per heavy atom. The van der Waals surface area contributed by atoms with Crippen LogP contribution in [0.1, 0.15) is 12.8 Å². The van der Waals surface area contributed by atoms with Crippen LogP contribution in [0.3, 0.4) is 0 Å². The first-order valence-electron chi connectivity index (χ1n) is 3.64. The van der Waals surface area contributed by atoms with Crippen molar-refractivity contribution in [2.24, 2.45) is 17.3 Å². The molecule has 0 aromatic rings. The monoisotopic (exact) mass is 109 g/mol. The van der Waals surface area contributed by atoms with Crippen molar-refractivity contribution in [2.75, 3.05) is 13.1 Å². The summed E-state index contributed by atoms with van der Waals surface area (Å²) in [6.07, 6.45) is 3.12. The summed E-state index contributed by atoms with van der Waals surface area (Å²) in [7, 11) is 0. The molecule has 44 valence electrons. The van der Waals surface area contributed by atoms with Crippen LogP contribution in [0.2, 0.25) is 0 Å². The molecular weight excluding hydrogens is 98.1 g/mol. The van der Waals surface area contributed by atoms with Gasteiger partial charge in [0.25, 0.3) is 0 Å². The van der Waals surface area contributed by atoms with Crippen LogP contribution < -0.4 is 5.32 Å². The van der Waals surface area contributed by atoms with Gasteiger partial charge in [0.1, 0.15) is 0 Å². The summed E-state index contributed by atoms with van der Waals surface area (Å²) in [6.45, 7) is 2.68. The molecule has 0 aromatic carbocycles. The van der Waals surface area contributed by atoms with Crippen LogP contribution in [0.25, 0.3) is 0 Å². The quantitative estimate of drug-likeness (QED) is 0.480. The molecule has 3 rings (SSSR count). The van der Waals surface area contributed by atoms with Crippen molar-refractivity contribution in [3.8, 4) is 0 Å². The third-order valence-corrected chi connectivity index (χ3v) is 3.41. The molecule has 2 atom stereocenters. The van der Waals surface area contributed by atoms with Gasteiger partial charge in [-0.25, -0.2) is 0 Å². The Labute approximate surface area is 49.5 Å². The van der Waals surface area contributed by atoms with E-state index in [2.05, 4.69) is 5.32 Å². The summed E-state index contributed by atoms with van der Waals surface area (Å²) < 4.78 is 0. The lowest BCUT2D eigenvalue weighted by molar-refractivity contribution is 0.591.